The molecule has 0 spiro atoms. The van der Waals surface area contributed by atoms with Gasteiger partial charge in [0.15, 0.2) is 0 Å². The summed E-state index contributed by atoms with van der Waals surface area (Å²) in [6.07, 6.45) is 1.67. The van der Waals surface area contributed by atoms with E-state index in [9.17, 15) is 9.59 Å². The maximum atomic E-state index is 12.8. The summed E-state index contributed by atoms with van der Waals surface area (Å²) in [6.45, 7) is 4.91. The van der Waals surface area contributed by atoms with Crippen LogP contribution in [0.3, 0.4) is 0 Å². The lowest BCUT2D eigenvalue weighted by atomic mass is 10.1. The van der Waals surface area contributed by atoms with Crippen molar-refractivity contribution in [2.45, 2.75) is 20.4 Å². The van der Waals surface area contributed by atoms with Crippen LogP contribution in [0.1, 0.15) is 25.0 Å². The maximum Gasteiger partial charge on any atom is 0.293 e. The number of hydrogen-bond donors (Lipinski definition) is 0. The van der Waals surface area contributed by atoms with E-state index in [1.165, 1.54) is 4.90 Å². The van der Waals surface area contributed by atoms with Gasteiger partial charge in [-0.15, -0.1) is 0 Å². The van der Waals surface area contributed by atoms with E-state index >= 15 is 0 Å². The summed E-state index contributed by atoms with van der Waals surface area (Å²) in [5.74, 6) is 0.915. The van der Waals surface area contributed by atoms with E-state index in [0.29, 0.717) is 45.2 Å². The number of rotatable bonds is 7. The van der Waals surface area contributed by atoms with Crippen LogP contribution in [0.25, 0.3) is 6.08 Å². The summed E-state index contributed by atoms with van der Waals surface area (Å²) >= 11 is 12.9. The molecule has 1 aliphatic rings. The van der Waals surface area contributed by atoms with Crippen molar-refractivity contribution in [2.75, 3.05) is 13.2 Å². The molecular weight excluding hydrogens is 433 g/mol. The molecule has 1 fully saturated rings. The molecule has 0 atom stereocenters. The Morgan fingerprint density at radius 1 is 1.00 bits per heavy atom. The minimum atomic E-state index is -0.359. The summed E-state index contributed by atoms with van der Waals surface area (Å²) in [5.41, 5.74) is 1.43. The van der Waals surface area contributed by atoms with Crippen LogP contribution < -0.4 is 9.47 Å². The average molecular weight is 452 g/mol. The summed E-state index contributed by atoms with van der Waals surface area (Å²) < 4.78 is 11.2. The van der Waals surface area contributed by atoms with Gasteiger partial charge in [-0.05, 0) is 61.5 Å². The van der Waals surface area contributed by atoms with Crippen LogP contribution in [0.15, 0.2) is 41.3 Å². The normalized spacial score (nSPS) is 15.3. The van der Waals surface area contributed by atoms with E-state index in [-0.39, 0.29) is 17.7 Å². The summed E-state index contributed by atoms with van der Waals surface area (Å²) in [4.78, 5) is 26.7. The molecule has 0 N–H and O–H groups in total. The highest BCUT2D eigenvalue weighted by Gasteiger charge is 2.35. The van der Waals surface area contributed by atoms with Crippen LogP contribution >= 0.6 is 35.0 Å². The second-order valence-corrected chi connectivity index (χ2v) is 7.89. The van der Waals surface area contributed by atoms with Crippen molar-refractivity contribution in [3.8, 4) is 11.5 Å². The topological polar surface area (TPSA) is 55.8 Å². The fourth-order valence-electron chi connectivity index (χ4n) is 2.77. The first-order valence-electron chi connectivity index (χ1n) is 9.01. The predicted octanol–water partition coefficient (Wildman–Crippen LogP) is 6.03. The Hall–Kier alpha value is -2.15. The van der Waals surface area contributed by atoms with E-state index in [1.807, 2.05) is 19.9 Å². The van der Waals surface area contributed by atoms with E-state index in [0.717, 1.165) is 17.3 Å². The molecule has 0 aromatic heterocycles. The van der Waals surface area contributed by atoms with E-state index in [4.69, 9.17) is 32.7 Å². The minimum absolute atomic E-state index is 0.125. The molecule has 0 saturated carbocycles. The molecule has 152 valence electrons. The lowest BCUT2D eigenvalue weighted by Crippen LogP contribution is -2.27. The monoisotopic (exact) mass is 451 g/mol. The Balaban J connectivity index is 1.84. The molecule has 8 heteroatoms. The molecule has 1 aliphatic heterocycles. The van der Waals surface area contributed by atoms with Gasteiger partial charge in [0.05, 0.1) is 34.7 Å². The van der Waals surface area contributed by atoms with Crippen LogP contribution in [0, 0.1) is 0 Å². The van der Waals surface area contributed by atoms with Crippen LogP contribution in [0.5, 0.6) is 11.5 Å². The zero-order valence-electron chi connectivity index (χ0n) is 15.9. The molecule has 2 amide bonds. The number of hydrogen-bond acceptors (Lipinski definition) is 5. The number of imide groups is 1. The number of carbonyl (C=O) groups excluding carboxylic acids is 2. The van der Waals surface area contributed by atoms with Crippen molar-refractivity contribution in [2.24, 2.45) is 0 Å². The Kier molecular flexibility index (Phi) is 7.11. The quantitative estimate of drug-likeness (QED) is 0.481. The first-order valence-corrected chi connectivity index (χ1v) is 10.6. The largest absolute Gasteiger partial charge is 0.494 e. The average Bonchev–Trinajstić information content (AvgIpc) is 2.94. The lowest BCUT2D eigenvalue weighted by molar-refractivity contribution is -0.123. The van der Waals surface area contributed by atoms with Gasteiger partial charge < -0.3 is 9.47 Å². The first-order chi connectivity index (χ1) is 13.9. The molecule has 1 heterocycles. The zero-order valence-corrected chi connectivity index (χ0v) is 18.2. The molecule has 3 rings (SSSR count). The highest BCUT2D eigenvalue weighted by atomic mass is 35.5. The number of amides is 2. The Labute approximate surface area is 183 Å². The molecular formula is C21H19Cl2NO4S. The van der Waals surface area contributed by atoms with Crippen molar-refractivity contribution in [1.82, 2.24) is 4.90 Å². The molecule has 29 heavy (non-hydrogen) atoms. The van der Waals surface area contributed by atoms with Crippen molar-refractivity contribution < 1.29 is 19.1 Å². The highest BCUT2D eigenvalue weighted by Crippen LogP contribution is 2.36. The molecule has 0 radical (unpaired) electrons. The van der Waals surface area contributed by atoms with Crippen LogP contribution in [-0.4, -0.2) is 29.3 Å². The second-order valence-electron chi connectivity index (χ2n) is 6.08. The van der Waals surface area contributed by atoms with Gasteiger partial charge in [0.25, 0.3) is 11.1 Å². The maximum absolute atomic E-state index is 12.8. The third-order valence-electron chi connectivity index (χ3n) is 4.08. The number of benzene rings is 2. The SMILES string of the molecule is CCOc1ccc(/C=C2/SC(=O)N(Cc3ccc(Cl)c(Cl)c3)C2=O)c(OCC)c1. The standard InChI is InChI=1S/C21H19Cl2NO4S/c1-3-27-15-7-6-14(18(11-15)28-4-2)10-19-20(25)24(21(26)29-19)12-13-5-8-16(22)17(23)9-13/h5-11H,3-4,12H2,1-2H3/b19-10+. The predicted molar refractivity (Wildman–Crippen MR) is 117 cm³/mol. The smallest absolute Gasteiger partial charge is 0.293 e. The number of nitrogens with zero attached hydrogens (tertiary/aromatic N) is 1. The Morgan fingerprint density at radius 2 is 1.76 bits per heavy atom. The molecule has 0 unspecified atom stereocenters. The number of thioether (sulfide) groups is 1. The minimum Gasteiger partial charge on any atom is -0.494 e. The van der Waals surface area contributed by atoms with Gasteiger partial charge in [0.1, 0.15) is 11.5 Å². The molecule has 2 aromatic carbocycles. The highest BCUT2D eigenvalue weighted by molar-refractivity contribution is 8.18. The summed E-state index contributed by atoms with van der Waals surface area (Å²) in [5, 5.41) is 0.460. The summed E-state index contributed by atoms with van der Waals surface area (Å²) in [7, 11) is 0. The van der Waals surface area contributed by atoms with Crippen molar-refractivity contribution >= 4 is 52.2 Å². The molecule has 0 bridgehead atoms. The number of ether oxygens (including phenoxy) is 2. The molecule has 1 saturated heterocycles. The second kappa shape index (κ2) is 9.57. The van der Waals surface area contributed by atoms with Gasteiger partial charge in [-0.3, -0.25) is 14.5 Å². The van der Waals surface area contributed by atoms with Gasteiger partial charge in [0, 0.05) is 11.6 Å². The van der Waals surface area contributed by atoms with Crippen molar-refractivity contribution in [3.05, 3.63) is 62.5 Å². The fourth-order valence-corrected chi connectivity index (χ4v) is 3.92. The number of carbonyl (C=O) groups is 2. The molecule has 0 aliphatic carbocycles. The first kappa shape index (κ1) is 21.6. The number of halogens is 2. The van der Waals surface area contributed by atoms with E-state index in [1.54, 1.807) is 36.4 Å². The van der Waals surface area contributed by atoms with Crippen molar-refractivity contribution in [1.29, 1.82) is 0 Å². The van der Waals surface area contributed by atoms with Gasteiger partial charge in [-0.25, -0.2) is 0 Å². The lowest BCUT2D eigenvalue weighted by Gasteiger charge is -2.13. The zero-order chi connectivity index (χ0) is 21.0. The Bertz CT molecular complexity index is 977. The van der Waals surface area contributed by atoms with Crippen LogP contribution in [-0.2, 0) is 11.3 Å². The third-order valence-corrected chi connectivity index (χ3v) is 5.73. The Morgan fingerprint density at radius 3 is 2.45 bits per heavy atom. The van der Waals surface area contributed by atoms with E-state index < -0.39 is 0 Å². The third kappa shape index (κ3) is 5.07. The van der Waals surface area contributed by atoms with Gasteiger partial charge in [-0.1, -0.05) is 29.3 Å². The fraction of sp³-hybridized carbons (Fsp3) is 0.238. The van der Waals surface area contributed by atoms with Gasteiger partial charge in [0.2, 0.25) is 0 Å². The van der Waals surface area contributed by atoms with Gasteiger partial charge >= 0.3 is 0 Å². The molecule has 2 aromatic rings. The summed E-state index contributed by atoms with van der Waals surface area (Å²) in [6, 6.07) is 10.4. The van der Waals surface area contributed by atoms with Crippen LogP contribution in [0.4, 0.5) is 4.79 Å². The van der Waals surface area contributed by atoms with Gasteiger partial charge in [-0.2, -0.15) is 0 Å². The molecule has 5 nitrogen and oxygen atoms in total. The van der Waals surface area contributed by atoms with Crippen molar-refractivity contribution in [3.63, 3.8) is 0 Å². The van der Waals surface area contributed by atoms with E-state index in [2.05, 4.69) is 0 Å². The van der Waals surface area contributed by atoms with Crippen LogP contribution in [0.2, 0.25) is 10.0 Å².